The number of piperazine rings is 1. The van der Waals surface area contributed by atoms with Crippen molar-refractivity contribution in [2.75, 3.05) is 46.9 Å². The topological polar surface area (TPSA) is 86.3 Å². The van der Waals surface area contributed by atoms with Gasteiger partial charge in [-0.2, -0.15) is 0 Å². The molecule has 0 aliphatic carbocycles. The summed E-state index contributed by atoms with van der Waals surface area (Å²) < 4.78 is 5.04. The zero-order valence-corrected chi connectivity index (χ0v) is 15.6. The summed E-state index contributed by atoms with van der Waals surface area (Å²) in [4.78, 5) is 31.6. The van der Waals surface area contributed by atoms with Gasteiger partial charge in [-0.25, -0.2) is 4.79 Å². The number of ether oxygens (including phenoxy) is 1. The predicted octanol–water partition coefficient (Wildman–Crippen LogP) is 0.896. The van der Waals surface area contributed by atoms with E-state index in [-0.39, 0.29) is 12.0 Å². The Morgan fingerprint density at radius 2 is 1.88 bits per heavy atom. The van der Waals surface area contributed by atoms with E-state index in [4.69, 9.17) is 4.74 Å². The molecule has 0 spiro atoms. The molecule has 0 aromatic heterocycles. The van der Waals surface area contributed by atoms with Crippen molar-refractivity contribution >= 4 is 18.0 Å². The van der Waals surface area contributed by atoms with Gasteiger partial charge in [0.15, 0.2) is 5.96 Å². The summed E-state index contributed by atoms with van der Waals surface area (Å²) in [6.45, 7) is 5.34. The first-order valence-corrected chi connectivity index (χ1v) is 8.77. The number of rotatable bonds is 4. The number of benzene rings is 1. The summed E-state index contributed by atoms with van der Waals surface area (Å²) in [6, 6.07) is 7.47. The predicted molar refractivity (Wildman–Crippen MR) is 100 cm³/mol. The molecule has 2 amide bonds. The highest BCUT2D eigenvalue weighted by atomic mass is 16.6. The number of hydrogen-bond acceptors (Lipinski definition) is 4. The maximum absolute atomic E-state index is 11.8. The van der Waals surface area contributed by atoms with Crippen LogP contribution in [0.3, 0.4) is 0 Å². The molecule has 8 heteroatoms. The first kappa shape index (κ1) is 19.6. The van der Waals surface area contributed by atoms with Gasteiger partial charge in [-0.15, -0.1) is 0 Å². The molecule has 2 rings (SSSR count). The molecule has 1 aliphatic rings. The highest BCUT2D eigenvalue weighted by Gasteiger charge is 2.23. The molecular weight excluding hydrogens is 334 g/mol. The van der Waals surface area contributed by atoms with Gasteiger partial charge in [0.25, 0.3) is 5.91 Å². The van der Waals surface area contributed by atoms with Crippen LogP contribution in [-0.2, 0) is 11.3 Å². The van der Waals surface area contributed by atoms with E-state index in [1.807, 2.05) is 18.2 Å². The number of guanidine groups is 1. The Hall–Kier alpha value is -2.77. The van der Waals surface area contributed by atoms with Gasteiger partial charge in [0, 0.05) is 52.4 Å². The van der Waals surface area contributed by atoms with Gasteiger partial charge in [-0.3, -0.25) is 9.79 Å². The average molecular weight is 361 g/mol. The summed E-state index contributed by atoms with van der Waals surface area (Å²) in [5, 5.41) is 5.94. The second kappa shape index (κ2) is 9.65. The molecular formula is C18H27N5O3. The molecule has 1 aliphatic heterocycles. The van der Waals surface area contributed by atoms with Crippen LogP contribution in [0.15, 0.2) is 29.3 Å². The molecule has 142 valence electrons. The number of nitrogens with zero attached hydrogens (tertiary/aromatic N) is 3. The second-order valence-corrected chi connectivity index (χ2v) is 5.85. The number of carbonyl (C=O) groups excluding carboxylic acids is 2. The number of nitrogens with one attached hydrogen (secondary N) is 2. The Morgan fingerprint density at radius 3 is 2.50 bits per heavy atom. The number of carbonyl (C=O) groups is 2. The first-order chi connectivity index (χ1) is 12.6. The maximum atomic E-state index is 11.8. The molecule has 1 fully saturated rings. The third kappa shape index (κ3) is 5.11. The lowest BCUT2D eigenvalue weighted by Gasteiger charge is -2.35. The third-order valence-electron chi connectivity index (χ3n) is 4.18. The van der Waals surface area contributed by atoms with Gasteiger partial charge in [0.05, 0.1) is 6.61 Å². The third-order valence-corrected chi connectivity index (χ3v) is 4.18. The van der Waals surface area contributed by atoms with Crippen molar-refractivity contribution < 1.29 is 14.3 Å². The Balaban J connectivity index is 1.89. The highest BCUT2D eigenvalue weighted by molar-refractivity contribution is 5.94. The molecule has 1 aromatic rings. The van der Waals surface area contributed by atoms with E-state index in [1.54, 1.807) is 32.0 Å². The van der Waals surface area contributed by atoms with Gasteiger partial charge in [0.1, 0.15) is 0 Å². The number of aliphatic imine (C=N–C) groups is 1. The number of hydrogen-bond donors (Lipinski definition) is 2. The van der Waals surface area contributed by atoms with Crippen molar-refractivity contribution in [2.45, 2.75) is 13.5 Å². The fraction of sp³-hybridized carbons (Fsp3) is 0.500. The molecule has 0 saturated carbocycles. The quantitative estimate of drug-likeness (QED) is 0.615. The largest absolute Gasteiger partial charge is 0.450 e. The van der Waals surface area contributed by atoms with E-state index in [0.29, 0.717) is 44.9 Å². The van der Waals surface area contributed by atoms with Crippen LogP contribution in [0.4, 0.5) is 4.79 Å². The standard InChI is InChI=1S/C18H27N5O3/c1-4-26-18(25)23-10-8-22(9-11-23)17(20-3)21-13-14-6-5-7-15(12-14)16(24)19-2/h5-7,12H,4,8-11,13H2,1-3H3,(H,19,24)(H,20,21). The molecule has 8 nitrogen and oxygen atoms in total. The molecule has 1 saturated heterocycles. The normalized spacial score (nSPS) is 14.8. The van der Waals surface area contributed by atoms with E-state index in [0.717, 1.165) is 11.5 Å². The van der Waals surface area contributed by atoms with E-state index in [1.165, 1.54) is 0 Å². The van der Waals surface area contributed by atoms with Crippen LogP contribution < -0.4 is 10.6 Å². The SMILES string of the molecule is CCOC(=O)N1CCN(C(=NC)NCc2cccc(C(=O)NC)c2)CC1. The minimum atomic E-state index is -0.263. The van der Waals surface area contributed by atoms with E-state index < -0.39 is 0 Å². The van der Waals surface area contributed by atoms with Crippen molar-refractivity contribution in [2.24, 2.45) is 4.99 Å². The zero-order valence-electron chi connectivity index (χ0n) is 15.6. The molecule has 0 bridgehead atoms. The van der Waals surface area contributed by atoms with Crippen LogP contribution in [0.1, 0.15) is 22.8 Å². The summed E-state index contributed by atoms with van der Waals surface area (Å²) >= 11 is 0. The van der Waals surface area contributed by atoms with Gasteiger partial charge in [0.2, 0.25) is 0 Å². The molecule has 2 N–H and O–H groups in total. The fourth-order valence-electron chi connectivity index (χ4n) is 2.80. The van der Waals surface area contributed by atoms with E-state index in [2.05, 4.69) is 20.5 Å². The summed E-state index contributed by atoms with van der Waals surface area (Å²) in [6.07, 6.45) is -0.263. The second-order valence-electron chi connectivity index (χ2n) is 5.85. The summed E-state index contributed by atoms with van der Waals surface area (Å²) in [5.74, 6) is 0.671. The maximum Gasteiger partial charge on any atom is 0.409 e. The van der Waals surface area contributed by atoms with E-state index in [9.17, 15) is 9.59 Å². The van der Waals surface area contributed by atoms with Crippen LogP contribution in [0.25, 0.3) is 0 Å². The molecule has 0 unspecified atom stereocenters. The Morgan fingerprint density at radius 1 is 1.19 bits per heavy atom. The summed E-state index contributed by atoms with van der Waals surface area (Å²) in [5.41, 5.74) is 1.63. The lowest BCUT2D eigenvalue weighted by molar-refractivity contribution is 0.0913. The van der Waals surface area contributed by atoms with Crippen LogP contribution in [0.5, 0.6) is 0 Å². The average Bonchev–Trinajstić information content (AvgIpc) is 2.68. The summed E-state index contributed by atoms with van der Waals surface area (Å²) in [7, 11) is 3.35. The van der Waals surface area contributed by atoms with Crippen molar-refractivity contribution in [1.29, 1.82) is 0 Å². The first-order valence-electron chi connectivity index (χ1n) is 8.77. The van der Waals surface area contributed by atoms with Gasteiger partial charge in [-0.1, -0.05) is 12.1 Å². The Kier molecular flexibility index (Phi) is 7.25. The van der Waals surface area contributed by atoms with Crippen molar-refractivity contribution in [1.82, 2.24) is 20.4 Å². The molecule has 0 atom stereocenters. The van der Waals surface area contributed by atoms with Crippen molar-refractivity contribution in [3.8, 4) is 0 Å². The van der Waals surface area contributed by atoms with Crippen LogP contribution in [0, 0.1) is 0 Å². The fourth-order valence-corrected chi connectivity index (χ4v) is 2.80. The smallest absolute Gasteiger partial charge is 0.409 e. The van der Waals surface area contributed by atoms with Crippen LogP contribution in [0.2, 0.25) is 0 Å². The minimum absolute atomic E-state index is 0.105. The zero-order chi connectivity index (χ0) is 18.9. The molecule has 0 radical (unpaired) electrons. The Labute approximate surface area is 154 Å². The molecule has 1 heterocycles. The van der Waals surface area contributed by atoms with Gasteiger partial charge < -0.3 is 25.2 Å². The van der Waals surface area contributed by atoms with Crippen LogP contribution >= 0.6 is 0 Å². The van der Waals surface area contributed by atoms with Gasteiger partial charge in [-0.05, 0) is 24.6 Å². The minimum Gasteiger partial charge on any atom is -0.450 e. The lowest BCUT2D eigenvalue weighted by atomic mass is 10.1. The lowest BCUT2D eigenvalue weighted by Crippen LogP contribution is -2.53. The van der Waals surface area contributed by atoms with Gasteiger partial charge >= 0.3 is 6.09 Å². The highest BCUT2D eigenvalue weighted by Crippen LogP contribution is 2.07. The van der Waals surface area contributed by atoms with E-state index >= 15 is 0 Å². The Bertz CT molecular complexity index is 654. The monoisotopic (exact) mass is 361 g/mol. The number of amides is 2. The van der Waals surface area contributed by atoms with Crippen molar-refractivity contribution in [3.63, 3.8) is 0 Å². The van der Waals surface area contributed by atoms with Crippen LogP contribution in [-0.4, -0.2) is 74.6 Å². The van der Waals surface area contributed by atoms with Crippen molar-refractivity contribution in [3.05, 3.63) is 35.4 Å². The molecule has 1 aromatic carbocycles. The molecule has 26 heavy (non-hydrogen) atoms.